The minimum Gasteiger partial charge on any atom is -0.296 e. The minimum absolute atomic E-state index is 0.0447. The zero-order chi connectivity index (χ0) is 11.6. The van der Waals surface area contributed by atoms with Crippen molar-refractivity contribution in [3.05, 3.63) is 17.5 Å². The molecule has 0 fully saturated rings. The van der Waals surface area contributed by atoms with Crippen LogP contribution >= 0.6 is 0 Å². The second-order valence-electron chi connectivity index (χ2n) is 3.27. The Balaban J connectivity index is 3.17. The van der Waals surface area contributed by atoms with E-state index < -0.39 is 11.9 Å². The second-order valence-corrected chi connectivity index (χ2v) is 3.27. The molecular formula is C9H11F3N2O. The van der Waals surface area contributed by atoms with Gasteiger partial charge in [-0.3, -0.25) is 9.48 Å². The molecule has 0 amide bonds. The van der Waals surface area contributed by atoms with Crippen molar-refractivity contribution in [3.63, 3.8) is 0 Å². The first-order chi connectivity index (χ1) is 6.90. The molecule has 0 saturated heterocycles. The van der Waals surface area contributed by atoms with Gasteiger partial charge in [0.05, 0.1) is 0 Å². The molecule has 0 bridgehead atoms. The van der Waals surface area contributed by atoms with Gasteiger partial charge < -0.3 is 0 Å². The van der Waals surface area contributed by atoms with Crippen LogP contribution in [0, 0.1) is 0 Å². The number of carbonyl (C=O) groups excluding carboxylic acids is 1. The van der Waals surface area contributed by atoms with Gasteiger partial charge in [-0.15, -0.1) is 0 Å². The number of nitrogens with zero attached hydrogens (tertiary/aromatic N) is 2. The van der Waals surface area contributed by atoms with E-state index in [0.29, 0.717) is 12.7 Å². The number of hydrogen-bond acceptors (Lipinski definition) is 2. The molecule has 0 radical (unpaired) electrons. The summed E-state index contributed by atoms with van der Waals surface area (Å²) in [5.41, 5.74) is -1.07. The van der Waals surface area contributed by atoms with Crippen molar-refractivity contribution in [1.29, 1.82) is 0 Å². The SMILES string of the molecule is CCC(C)n1nc(C(F)(F)F)cc1C=O. The van der Waals surface area contributed by atoms with Crippen LogP contribution in [0.15, 0.2) is 6.07 Å². The van der Waals surface area contributed by atoms with Crippen LogP contribution in [0.4, 0.5) is 13.2 Å². The molecule has 1 heterocycles. The molecule has 0 aliphatic carbocycles. The number of rotatable bonds is 3. The molecule has 0 N–H and O–H groups in total. The van der Waals surface area contributed by atoms with Gasteiger partial charge in [0.2, 0.25) is 0 Å². The topological polar surface area (TPSA) is 34.9 Å². The molecule has 0 aromatic carbocycles. The fraction of sp³-hybridized carbons (Fsp3) is 0.556. The highest BCUT2D eigenvalue weighted by molar-refractivity contribution is 5.72. The lowest BCUT2D eigenvalue weighted by Gasteiger charge is -2.10. The summed E-state index contributed by atoms with van der Waals surface area (Å²) in [7, 11) is 0. The summed E-state index contributed by atoms with van der Waals surface area (Å²) < 4.78 is 38.0. The number of aldehydes is 1. The Morgan fingerprint density at radius 2 is 2.20 bits per heavy atom. The standard InChI is InChI=1S/C9H11F3N2O/c1-3-6(2)14-7(5-15)4-8(13-14)9(10,11)12/h4-6H,3H2,1-2H3. The number of alkyl halides is 3. The number of hydrogen-bond donors (Lipinski definition) is 0. The van der Waals surface area contributed by atoms with Gasteiger partial charge in [0.1, 0.15) is 5.69 Å². The Kier molecular flexibility index (Phi) is 3.16. The van der Waals surface area contributed by atoms with Gasteiger partial charge in [-0.25, -0.2) is 0 Å². The molecule has 0 aliphatic rings. The first kappa shape index (κ1) is 11.7. The summed E-state index contributed by atoms with van der Waals surface area (Å²) in [6, 6.07) is 0.542. The molecule has 84 valence electrons. The molecule has 3 nitrogen and oxygen atoms in total. The molecule has 15 heavy (non-hydrogen) atoms. The summed E-state index contributed by atoms with van der Waals surface area (Å²) in [6.07, 6.45) is -3.51. The van der Waals surface area contributed by atoms with Gasteiger partial charge in [-0.1, -0.05) is 6.92 Å². The van der Waals surface area contributed by atoms with Crippen molar-refractivity contribution in [2.24, 2.45) is 0 Å². The molecule has 0 spiro atoms. The van der Waals surface area contributed by atoms with Crippen LogP contribution < -0.4 is 0 Å². The van der Waals surface area contributed by atoms with Crippen molar-refractivity contribution >= 4 is 6.29 Å². The van der Waals surface area contributed by atoms with E-state index in [1.807, 2.05) is 6.92 Å². The van der Waals surface area contributed by atoms with Gasteiger partial charge in [0.25, 0.3) is 0 Å². The Labute approximate surface area is 84.9 Å². The van der Waals surface area contributed by atoms with Crippen LogP contribution in [0.3, 0.4) is 0 Å². The highest BCUT2D eigenvalue weighted by atomic mass is 19.4. The molecule has 1 atom stereocenters. The van der Waals surface area contributed by atoms with E-state index in [1.54, 1.807) is 6.92 Å². The maximum absolute atomic E-state index is 12.3. The first-order valence-electron chi connectivity index (χ1n) is 4.52. The van der Waals surface area contributed by atoms with Gasteiger partial charge >= 0.3 is 6.18 Å². The lowest BCUT2D eigenvalue weighted by molar-refractivity contribution is -0.141. The van der Waals surface area contributed by atoms with E-state index in [4.69, 9.17) is 0 Å². The van der Waals surface area contributed by atoms with Crippen LogP contribution in [0.1, 0.15) is 42.5 Å². The van der Waals surface area contributed by atoms with Gasteiger partial charge in [-0.05, 0) is 19.4 Å². The van der Waals surface area contributed by atoms with Crippen LogP contribution in [0.5, 0.6) is 0 Å². The maximum Gasteiger partial charge on any atom is 0.435 e. The highest BCUT2D eigenvalue weighted by Gasteiger charge is 2.35. The van der Waals surface area contributed by atoms with E-state index >= 15 is 0 Å². The molecule has 1 aromatic heterocycles. The van der Waals surface area contributed by atoms with Gasteiger partial charge in [0, 0.05) is 6.04 Å². The molecule has 0 aliphatic heterocycles. The molecule has 1 unspecified atom stereocenters. The largest absolute Gasteiger partial charge is 0.435 e. The summed E-state index contributed by atoms with van der Waals surface area (Å²) in [5.74, 6) is 0. The predicted molar refractivity (Wildman–Crippen MR) is 47.6 cm³/mol. The van der Waals surface area contributed by atoms with Crippen molar-refractivity contribution in [2.75, 3.05) is 0 Å². The van der Waals surface area contributed by atoms with Gasteiger partial charge in [0.15, 0.2) is 12.0 Å². The summed E-state index contributed by atoms with van der Waals surface area (Å²) in [6.45, 7) is 3.52. The second kappa shape index (κ2) is 4.04. The fourth-order valence-corrected chi connectivity index (χ4v) is 1.16. The van der Waals surface area contributed by atoms with E-state index in [2.05, 4.69) is 5.10 Å². The van der Waals surface area contributed by atoms with E-state index in [0.717, 1.165) is 10.7 Å². The first-order valence-corrected chi connectivity index (χ1v) is 4.52. The zero-order valence-corrected chi connectivity index (χ0v) is 8.38. The van der Waals surface area contributed by atoms with Crippen LogP contribution in [0.2, 0.25) is 0 Å². The van der Waals surface area contributed by atoms with Crippen LogP contribution in [-0.4, -0.2) is 16.1 Å². The Bertz CT molecular complexity index is 357. The molecule has 0 saturated carbocycles. The normalized spacial score (nSPS) is 13.9. The molecular weight excluding hydrogens is 209 g/mol. The quantitative estimate of drug-likeness (QED) is 0.734. The third-order valence-corrected chi connectivity index (χ3v) is 2.18. The van der Waals surface area contributed by atoms with Gasteiger partial charge in [-0.2, -0.15) is 18.3 Å². The monoisotopic (exact) mass is 220 g/mol. The zero-order valence-electron chi connectivity index (χ0n) is 8.38. The van der Waals surface area contributed by atoms with Crippen molar-refractivity contribution in [1.82, 2.24) is 9.78 Å². The summed E-state index contributed by atoms with van der Waals surface area (Å²) >= 11 is 0. The number of carbonyl (C=O) groups is 1. The van der Waals surface area contributed by atoms with Crippen molar-refractivity contribution in [3.8, 4) is 0 Å². The number of halogens is 3. The third-order valence-electron chi connectivity index (χ3n) is 2.18. The third kappa shape index (κ3) is 2.37. The molecule has 1 aromatic rings. The fourth-order valence-electron chi connectivity index (χ4n) is 1.16. The predicted octanol–water partition coefficient (Wildman–Crippen LogP) is 2.69. The number of aromatic nitrogens is 2. The summed E-state index contributed by atoms with van der Waals surface area (Å²) in [4.78, 5) is 10.6. The van der Waals surface area contributed by atoms with Crippen molar-refractivity contribution in [2.45, 2.75) is 32.5 Å². The lowest BCUT2D eigenvalue weighted by Crippen LogP contribution is -2.11. The van der Waals surface area contributed by atoms with Crippen molar-refractivity contribution < 1.29 is 18.0 Å². The molecule has 1 rings (SSSR count). The van der Waals surface area contributed by atoms with E-state index in [1.165, 1.54) is 0 Å². The highest BCUT2D eigenvalue weighted by Crippen LogP contribution is 2.29. The minimum atomic E-state index is -4.50. The lowest BCUT2D eigenvalue weighted by atomic mass is 10.2. The Morgan fingerprint density at radius 3 is 2.60 bits per heavy atom. The Morgan fingerprint density at radius 1 is 1.60 bits per heavy atom. The summed E-state index contributed by atoms with van der Waals surface area (Å²) in [5, 5.41) is 3.38. The smallest absolute Gasteiger partial charge is 0.296 e. The molecule has 6 heteroatoms. The van der Waals surface area contributed by atoms with Crippen LogP contribution in [0.25, 0.3) is 0 Å². The Hall–Kier alpha value is -1.33. The average molecular weight is 220 g/mol. The van der Waals surface area contributed by atoms with E-state index in [9.17, 15) is 18.0 Å². The maximum atomic E-state index is 12.3. The van der Waals surface area contributed by atoms with E-state index in [-0.39, 0.29) is 11.7 Å². The van der Waals surface area contributed by atoms with Crippen LogP contribution in [-0.2, 0) is 6.18 Å². The average Bonchev–Trinajstić information content (AvgIpc) is 2.59.